The van der Waals surface area contributed by atoms with Crippen molar-refractivity contribution in [2.75, 3.05) is 7.11 Å². The third-order valence-corrected chi connectivity index (χ3v) is 2.41. The van der Waals surface area contributed by atoms with Crippen LogP contribution in [0.2, 0.25) is 0 Å². The van der Waals surface area contributed by atoms with E-state index in [1.807, 2.05) is 0 Å². The number of aliphatic hydroxyl groups is 1. The monoisotopic (exact) mass is 246 g/mol. The molecule has 0 heterocycles. The third kappa shape index (κ3) is 1.95. The van der Waals surface area contributed by atoms with Crippen molar-refractivity contribution < 1.29 is 14.9 Å². The van der Waals surface area contributed by atoms with Crippen molar-refractivity contribution in [1.82, 2.24) is 0 Å². The van der Waals surface area contributed by atoms with E-state index in [9.17, 15) is 10.2 Å². The topological polar surface area (TPSA) is 49.7 Å². The molecule has 0 amide bonds. The SMILES string of the molecule is COc1c(C(C)O)ccc(Br)c1O. The Balaban J connectivity index is 3.30. The molecule has 3 nitrogen and oxygen atoms in total. The van der Waals surface area contributed by atoms with Gasteiger partial charge < -0.3 is 14.9 Å². The highest BCUT2D eigenvalue weighted by molar-refractivity contribution is 9.10. The molecule has 0 aliphatic heterocycles. The van der Waals surface area contributed by atoms with E-state index < -0.39 is 6.10 Å². The third-order valence-electron chi connectivity index (χ3n) is 1.77. The van der Waals surface area contributed by atoms with E-state index in [2.05, 4.69) is 15.9 Å². The number of halogens is 1. The number of aliphatic hydroxyl groups excluding tert-OH is 1. The fourth-order valence-corrected chi connectivity index (χ4v) is 1.42. The van der Waals surface area contributed by atoms with Crippen LogP contribution in [-0.2, 0) is 0 Å². The zero-order valence-electron chi connectivity index (χ0n) is 7.41. The minimum Gasteiger partial charge on any atom is -0.503 e. The largest absolute Gasteiger partial charge is 0.503 e. The summed E-state index contributed by atoms with van der Waals surface area (Å²) >= 11 is 3.16. The average molecular weight is 247 g/mol. The van der Waals surface area contributed by atoms with Gasteiger partial charge in [0.25, 0.3) is 0 Å². The molecular weight excluding hydrogens is 236 g/mol. The zero-order valence-corrected chi connectivity index (χ0v) is 9.00. The summed E-state index contributed by atoms with van der Waals surface area (Å²) in [6.45, 7) is 1.62. The van der Waals surface area contributed by atoms with Gasteiger partial charge in [0.2, 0.25) is 0 Å². The van der Waals surface area contributed by atoms with Crippen molar-refractivity contribution in [3.8, 4) is 11.5 Å². The lowest BCUT2D eigenvalue weighted by Crippen LogP contribution is -1.96. The number of hydrogen-bond acceptors (Lipinski definition) is 3. The van der Waals surface area contributed by atoms with Crippen LogP contribution < -0.4 is 4.74 Å². The van der Waals surface area contributed by atoms with Crippen LogP contribution in [0.5, 0.6) is 11.5 Å². The maximum atomic E-state index is 9.54. The van der Waals surface area contributed by atoms with Gasteiger partial charge >= 0.3 is 0 Å². The summed E-state index contributed by atoms with van der Waals surface area (Å²) in [5, 5.41) is 18.9. The molecule has 0 aliphatic rings. The molecule has 0 aliphatic carbocycles. The first-order valence-electron chi connectivity index (χ1n) is 3.81. The Bertz CT molecular complexity index is 310. The number of aromatic hydroxyl groups is 1. The molecule has 1 rings (SSSR count). The van der Waals surface area contributed by atoms with Crippen LogP contribution in [0.15, 0.2) is 16.6 Å². The summed E-state index contributed by atoms with van der Waals surface area (Å²) in [5.41, 5.74) is 0.572. The van der Waals surface area contributed by atoms with Crippen molar-refractivity contribution in [3.63, 3.8) is 0 Å². The Kier molecular flexibility index (Phi) is 3.17. The molecule has 0 aromatic heterocycles. The van der Waals surface area contributed by atoms with Crippen molar-refractivity contribution in [2.24, 2.45) is 0 Å². The van der Waals surface area contributed by atoms with Gasteiger partial charge in [-0.1, -0.05) is 6.07 Å². The fraction of sp³-hybridized carbons (Fsp3) is 0.333. The molecule has 2 N–H and O–H groups in total. The molecule has 1 unspecified atom stereocenters. The molecule has 4 heteroatoms. The number of ether oxygens (including phenoxy) is 1. The van der Waals surface area contributed by atoms with E-state index in [0.717, 1.165) is 0 Å². The predicted molar refractivity (Wildman–Crippen MR) is 53.0 cm³/mol. The summed E-state index contributed by atoms with van der Waals surface area (Å²) in [4.78, 5) is 0. The lowest BCUT2D eigenvalue weighted by atomic mass is 10.1. The first-order chi connectivity index (χ1) is 6.07. The Morgan fingerprint density at radius 2 is 2.08 bits per heavy atom. The molecule has 0 saturated carbocycles. The summed E-state index contributed by atoms with van der Waals surface area (Å²) in [5.74, 6) is 0.324. The van der Waals surface area contributed by atoms with Crippen LogP contribution in [0.1, 0.15) is 18.6 Å². The van der Waals surface area contributed by atoms with E-state index in [1.54, 1.807) is 19.1 Å². The number of phenolic OH excluding ortho intramolecular Hbond substituents is 1. The lowest BCUT2D eigenvalue weighted by Gasteiger charge is -2.12. The first kappa shape index (κ1) is 10.3. The second-order valence-electron chi connectivity index (χ2n) is 2.69. The van der Waals surface area contributed by atoms with Gasteiger partial charge in [0.05, 0.1) is 17.7 Å². The van der Waals surface area contributed by atoms with Gasteiger partial charge in [0.1, 0.15) is 0 Å². The fourth-order valence-electron chi connectivity index (χ4n) is 1.11. The highest BCUT2D eigenvalue weighted by atomic mass is 79.9. The molecule has 0 fully saturated rings. The minimum atomic E-state index is -0.658. The van der Waals surface area contributed by atoms with E-state index >= 15 is 0 Å². The van der Waals surface area contributed by atoms with E-state index in [-0.39, 0.29) is 5.75 Å². The summed E-state index contributed by atoms with van der Waals surface area (Å²) in [6.07, 6.45) is -0.658. The van der Waals surface area contributed by atoms with Crippen LogP contribution >= 0.6 is 15.9 Å². The Morgan fingerprint density at radius 1 is 1.46 bits per heavy atom. The van der Waals surface area contributed by atoms with Gasteiger partial charge in [0, 0.05) is 5.56 Å². The highest BCUT2D eigenvalue weighted by Crippen LogP contribution is 2.39. The van der Waals surface area contributed by atoms with Gasteiger partial charge in [-0.2, -0.15) is 0 Å². The van der Waals surface area contributed by atoms with Gasteiger partial charge in [-0.25, -0.2) is 0 Å². The number of methoxy groups -OCH3 is 1. The van der Waals surface area contributed by atoms with Gasteiger partial charge in [-0.3, -0.25) is 0 Å². The lowest BCUT2D eigenvalue weighted by molar-refractivity contribution is 0.193. The Labute approximate surface area is 85.1 Å². The Morgan fingerprint density at radius 3 is 2.54 bits per heavy atom. The summed E-state index contributed by atoms with van der Waals surface area (Å²) < 4.78 is 5.53. The normalized spacial score (nSPS) is 12.6. The molecule has 0 radical (unpaired) electrons. The Hall–Kier alpha value is -0.740. The van der Waals surface area contributed by atoms with Gasteiger partial charge in [-0.15, -0.1) is 0 Å². The van der Waals surface area contributed by atoms with Crippen LogP contribution in [0.4, 0.5) is 0 Å². The molecule has 13 heavy (non-hydrogen) atoms. The highest BCUT2D eigenvalue weighted by Gasteiger charge is 2.14. The van der Waals surface area contributed by atoms with Crippen LogP contribution in [0.3, 0.4) is 0 Å². The zero-order chi connectivity index (χ0) is 10.0. The molecule has 1 atom stereocenters. The molecular formula is C9H11BrO3. The number of phenols is 1. The van der Waals surface area contributed by atoms with Gasteiger partial charge in [0.15, 0.2) is 11.5 Å². The molecule has 0 bridgehead atoms. The van der Waals surface area contributed by atoms with Gasteiger partial charge in [-0.05, 0) is 28.9 Å². The summed E-state index contributed by atoms with van der Waals surface area (Å²) in [7, 11) is 1.45. The van der Waals surface area contributed by atoms with Crippen molar-refractivity contribution in [1.29, 1.82) is 0 Å². The van der Waals surface area contributed by atoms with Crippen LogP contribution in [0.25, 0.3) is 0 Å². The molecule has 72 valence electrons. The molecule has 1 aromatic rings. The van der Waals surface area contributed by atoms with E-state index in [0.29, 0.717) is 15.8 Å². The second-order valence-corrected chi connectivity index (χ2v) is 3.55. The standard InChI is InChI=1S/C9H11BrO3/c1-5(11)6-3-4-7(10)8(12)9(6)13-2/h3-5,11-12H,1-2H3. The second kappa shape index (κ2) is 3.98. The minimum absolute atomic E-state index is 0.0147. The van der Waals surface area contributed by atoms with Crippen molar-refractivity contribution in [3.05, 3.63) is 22.2 Å². The maximum Gasteiger partial charge on any atom is 0.172 e. The smallest absolute Gasteiger partial charge is 0.172 e. The molecule has 0 saturated heterocycles. The first-order valence-corrected chi connectivity index (χ1v) is 4.60. The van der Waals surface area contributed by atoms with Crippen molar-refractivity contribution in [2.45, 2.75) is 13.0 Å². The molecule has 0 spiro atoms. The van der Waals surface area contributed by atoms with E-state index in [1.165, 1.54) is 7.11 Å². The number of hydrogen-bond donors (Lipinski definition) is 2. The molecule has 1 aromatic carbocycles. The number of benzene rings is 1. The quantitative estimate of drug-likeness (QED) is 0.842. The predicted octanol–water partition coefficient (Wildman–Crippen LogP) is 2.22. The average Bonchev–Trinajstić information content (AvgIpc) is 2.09. The maximum absolute atomic E-state index is 9.54. The van der Waals surface area contributed by atoms with Crippen molar-refractivity contribution >= 4 is 15.9 Å². The van der Waals surface area contributed by atoms with Crippen LogP contribution in [-0.4, -0.2) is 17.3 Å². The summed E-state index contributed by atoms with van der Waals surface area (Å²) in [6, 6.07) is 3.37. The van der Waals surface area contributed by atoms with Crippen LogP contribution in [0, 0.1) is 0 Å². The number of rotatable bonds is 2. The van der Waals surface area contributed by atoms with E-state index in [4.69, 9.17) is 4.74 Å².